The molecule has 0 aromatic heterocycles. The molecule has 2 rings (SSSR count). The highest BCUT2D eigenvalue weighted by atomic mass is 32.2. The Morgan fingerprint density at radius 1 is 1.27 bits per heavy atom. The van der Waals surface area contributed by atoms with Crippen molar-refractivity contribution >= 4 is 40.9 Å². The Balaban J connectivity index is 2.11. The third-order valence-electron chi connectivity index (χ3n) is 3.40. The Labute approximate surface area is 154 Å². The second-order valence-corrected chi connectivity index (χ2v) is 6.30. The summed E-state index contributed by atoms with van der Waals surface area (Å²) in [6.45, 7) is 3.03. The SMILES string of the molecule is CCOC(=O)C(C)N1C(=O)S/C(=C/c2ccc(OCC(N)=O)cc2)C1=O. The number of carbonyl (C=O) groups is 4. The molecular weight excluding hydrogens is 360 g/mol. The van der Waals surface area contributed by atoms with Crippen LogP contribution in [0.3, 0.4) is 0 Å². The van der Waals surface area contributed by atoms with Crippen molar-refractivity contribution in [3.63, 3.8) is 0 Å². The van der Waals surface area contributed by atoms with E-state index >= 15 is 0 Å². The van der Waals surface area contributed by atoms with Crippen LogP contribution in [0, 0.1) is 0 Å². The van der Waals surface area contributed by atoms with Gasteiger partial charge in [0.25, 0.3) is 17.1 Å². The zero-order valence-electron chi connectivity index (χ0n) is 14.3. The third-order valence-corrected chi connectivity index (χ3v) is 4.28. The fraction of sp³-hybridized carbons (Fsp3) is 0.294. The molecule has 0 saturated carbocycles. The van der Waals surface area contributed by atoms with E-state index in [1.54, 1.807) is 37.3 Å². The molecule has 1 aliphatic heterocycles. The minimum atomic E-state index is -0.988. The van der Waals surface area contributed by atoms with E-state index in [0.717, 1.165) is 16.7 Å². The van der Waals surface area contributed by atoms with Crippen LogP contribution in [-0.2, 0) is 19.1 Å². The molecule has 0 bridgehead atoms. The summed E-state index contributed by atoms with van der Waals surface area (Å²) in [6, 6.07) is 5.57. The number of primary amides is 1. The van der Waals surface area contributed by atoms with Gasteiger partial charge in [-0.3, -0.25) is 19.3 Å². The van der Waals surface area contributed by atoms with Gasteiger partial charge in [0.1, 0.15) is 11.8 Å². The van der Waals surface area contributed by atoms with Crippen molar-refractivity contribution in [3.05, 3.63) is 34.7 Å². The Morgan fingerprint density at radius 3 is 2.50 bits per heavy atom. The lowest BCUT2D eigenvalue weighted by atomic mass is 10.2. The van der Waals surface area contributed by atoms with Crippen molar-refractivity contribution < 1.29 is 28.7 Å². The van der Waals surface area contributed by atoms with Gasteiger partial charge in [-0.2, -0.15) is 0 Å². The first-order valence-corrected chi connectivity index (χ1v) is 8.60. The minimum absolute atomic E-state index is 0.166. The molecule has 3 amide bonds. The number of nitrogens with zero attached hydrogens (tertiary/aromatic N) is 1. The predicted molar refractivity (Wildman–Crippen MR) is 95.0 cm³/mol. The molecule has 1 aromatic carbocycles. The lowest BCUT2D eigenvalue weighted by Crippen LogP contribution is -2.42. The molecular formula is C17H18N2O6S. The molecule has 0 aliphatic carbocycles. The van der Waals surface area contributed by atoms with E-state index < -0.39 is 29.1 Å². The minimum Gasteiger partial charge on any atom is -0.484 e. The maximum Gasteiger partial charge on any atom is 0.329 e. The van der Waals surface area contributed by atoms with E-state index in [1.807, 2.05) is 0 Å². The molecule has 1 aromatic rings. The smallest absolute Gasteiger partial charge is 0.329 e. The first kappa shape index (κ1) is 19.5. The van der Waals surface area contributed by atoms with Crippen LogP contribution in [0.4, 0.5) is 4.79 Å². The maximum absolute atomic E-state index is 12.4. The molecule has 1 heterocycles. The zero-order valence-corrected chi connectivity index (χ0v) is 15.1. The van der Waals surface area contributed by atoms with E-state index in [9.17, 15) is 19.2 Å². The van der Waals surface area contributed by atoms with Gasteiger partial charge < -0.3 is 15.2 Å². The molecule has 138 valence electrons. The van der Waals surface area contributed by atoms with Gasteiger partial charge >= 0.3 is 5.97 Å². The molecule has 2 N–H and O–H groups in total. The first-order valence-electron chi connectivity index (χ1n) is 7.78. The fourth-order valence-electron chi connectivity index (χ4n) is 2.15. The van der Waals surface area contributed by atoms with Gasteiger partial charge in [-0.1, -0.05) is 12.1 Å². The number of nitrogens with two attached hydrogens (primary N) is 1. The lowest BCUT2D eigenvalue weighted by molar-refractivity contribution is -0.150. The highest BCUT2D eigenvalue weighted by molar-refractivity contribution is 8.18. The quantitative estimate of drug-likeness (QED) is 0.565. The summed E-state index contributed by atoms with van der Waals surface area (Å²) in [4.78, 5) is 48.1. The molecule has 26 heavy (non-hydrogen) atoms. The van der Waals surface area contributed by atoms with Gasteiger partial charge in [-0.15, -0.1) is 0 Å². The van der Waals surface area contributed by atoms with Crippen LogP contribution >= 0.6 is 11.8 Å². The molecule has 9 heteroatoms. The number of benzene rings is 1. The van der Waals surface area contributed by atoms with Crippen LogP contribution in [-0.4, -0.2) is 47.2 Å². The van der Waals surface area contributed by atoms with Crippen molar-refractivity contribution in [2.24, 2.45) is 5.73 Å². The summed E-state index contributed by atoms with van der Waals surface area (Å²) < 4.78 is 10.0. The van der Waals surface area contributed by atoms with Crippen molar-refractivity contribution in [2.45, 2.75) is 19.9 Å². The second-order valence-electron chi connectivity index (χ2n) is 5.30. The second kappa shape index (κ2) is 8.52. The third kappa shape index (κ3) is 4.63. The van der Waals surface area contributed by atoms with Gasteiger partial charge in [0.05, 0.1) is 11.5 Å². The highest BCUT2D eigenvalue weighted by Crippen LogP contribution is 2.34. The average Bonchev–Trinajstić information content (AvgIpc) is 2.87. The van der Waals surface area contributed by atoms with Crippen molar-refractivity contribution in [1.29, 1.82) is 0 Å². The number of rotatable bonds is 7. The van der Waals surface area contributed by atoms with Crippen LogP contribution < -0.4 is 10.5 Å². The summed E-state index contributed by atoms with van der Waals surface area (Å²) in [7, 11) is 0. The van der Waals surface area contributed by atoms with Gasteiger partial charge in [0, 0.05) is 0 Å². The number of ether oxygens (including phenoxy) is 2. The van der Waals surface area contributed by atoms with Crippen molar-refractivity contribution in [2.75, 3.05) is 13.2 Å². The maximum atomic E-state index is 12.4. The van der Waals surface area contributed by atoms with E-state index in [0.29, 0.717) is 11.3 Å². The summed E-state index contributed by atoms with van der Waals surface area (Å²) in [5, 5.41) is -0.525. The molecule has 1 fully saturated rings. The summed E-state index contributed by atoms with van der Waals surface area (Å²) in [5.74, 6) is -1.31. The Hall–Kier alpha value is -2.81. The van der Waals surface area contributed by atoms with E-state index in [4.69, 9.17) is 15.2 Å². The fourth-order valence-corrected chi connectivity index (χ4v) is 3.06. The number of carbonyl (C=O) groups excluding carboxylic acids is 4. The number of imide groups is 1. The van der Waals surface area contributed by atoms with Crippen molar-refractivity contribution in [3.8, 4) is 5.75 Å². The number of hydrogen-bond donors (Lipinski definition) is 1. The Kier molecular flexibility index (Phi) is 6.40. The summed E-state index contributed by atoms with van der Waals surface area (Å²) in [6.07, 6.45) is 1.54. The van der Waals surface area contributed by atoms with E-state index in [-0.39, 0.29) is 18.1 Å². The van der Waals surface area contributed by atoms with Crippen molar-refractivity contribution in [1.82, 2.24) is 4.90 Å². The zero-order chi connectivity index (χ0) is 19.3. The number of hydrogen-bond acceptors (Lipinski definition) is 7. The number of amides is 3. The molecule has 1 aliphatic rings. The number of thioether (sulfide) groups is 1. The Morgan fingerprint density at radius 2 is 1.92 bits per heavy atom. The highest BCUT2D eigenvalue weighted by Gasteiger charge is 2.41. The van der Waals surface area contributed by atoms with E-state index in [1.165, 1.54) is 6.92 Å². The largest absolute Gasteiger partial charge is 0.484 e. The standard InChI is InChI=1S/C17H18N2O6S/c1-3-24-16(22)10(2)19-15(21)13(26-17(19)23)8-11-4-6-12(7-5-11)25-9-14(18)20/h4-8,10H,3,9H2,1-2H3,(H2,18,20)/b13-8+. The average molecular weight is 378 g/mol. The molecule has 8 nitrogen and oxygen atoms in total. The van der Waals surface area contributed by atoms with Crippen LogP contribution in [0.1, 0.15) is 19.4 Å². The predicted octanol–water partition coefficient (Wildman–Crippen LogP) is 1.54. The van der Waals surface area contributed by atoms with Gasteiger partial charge in [0.15, 0.2) is 6.61 Å². The molecule has 1 unspecified atom stereocenters. The van der Waals surface area contributed by atoms with Crippen LogP contribution in [0.2, 0.25) is 0 Å². The van der Waals surface area contributed by atoms with Crippen LogP contribution in [0.25, 0.3) is 6.08 Å². The Bertz CT molecular complexity index is 759. The molecule has 1 atom stereocenters. The van der Waals surface area contributed by atoms with Gasteiger partial charge in [-0.05, 0) is 49.4 Å². The van der Waals surface area contributed by atoms with Gasteiger partial charge in [-0.25, -0.2) is 4.79 Å². The summed E-state index contributed by atoms with van der Waals surface area (Å²) >= 11 is 0.757. The monoisotopic (exact) mass is 378 g/mol. The topological polar surface area (TPSA) is 116 Å². The number of esters is 1. The molecule has 1 saturated heterocycles. The normalized spacial score (nSPS) is 16.7. The van der Waals surface area contributed by atoms with Gasteiger partial charge in [0.2, 0.25) is 0 Å². The molecule has 0 radical (unpaired) electrons. The lowest BCUT2D eigenvalue weighted by Gasteiger charge is -2.19. The summed E-state index contributed by atoms with van der Waals surface area (Å²) in [5.41, 5.74) is 5.66. The molecule has 0 spiro atoms. The van der Waals surface area contributed by atoms with Crippen LogP contribution in [0.5, 0.6) is 5.75 Å². The van der Waals surface area contributed by atoms with Crippen LogP contribution in [0.15, 0.2) is 29.2 Å². The first-order chi connectivity index (χ1) is 12.3. The van der Waals surface area contributed by atoms with E-state index in [2.05, 4.69) is 0 Å².